The van der Waals surface area contributed by atoms with Gasteiger partial charge in [0.1, 0.15) is 5.75 Å². The molecule has 0 aliphatic carbocycles. The lowest BCUT2D eigenvalue weighted by Crippen LogP contribution is -2.46. The Labute approximate surface area is 188 Å². The van der Waals surface area contributed by atoms with Gasteiger partial charge in [-0.1, -0.05) is 24.3 Å². The highest BCUT2D eigenvalue weighted by Crippen LogP contribution is 2.30. The minimum Gasteiger partial charge on any atom is -0.496 e. The molecule has 0 bridgehead atoms. The molecule has 3 amide bonds. The largest absolute Gasteiger partial charge is 0.496 e. The molecule has 0 radical (unpaired) electrons. The number of likely N-dealkylation sites (tertiary alicyclic amines) is 2. The Morgan fingerprint density at radius 2 is 1.69 bits per heavy atom. The number of amides is 3. The van der Waals surface area contributed by atoms with Crippen LogP contribution in [0, 0.1) is 5.92 Å². The standard InChI is InChI=1S/C25H31N3O4/c1-32-22-11-10-21(19-8-2-3-9-20(19)22)25(31)28-16-6-7-18(17-28)24(30)26-13-12-23(29)27-14-4-5-15-27/h2-3,8-11,18H,4-7,12-17H2,1H3,(H,26,30)/t18-/m1/s1. The Morgan fingerprint density at radius 1 is 0.969 bits per heavy atom. The van der Waals surface area contributed by atoms with Crippen molar-refractivity contribution in [1.29, 1.82) is 0 Å². The number of carbonyl (C=O) groups excluding carboxylic acids is 3. The van der Waals surface area contributed by atoms with Crippen LogP contribution in [-0.2, 0) is 9.59 Å². The first-order valence-corrected chi connectivity index (χ1v) is 11.5. The summed E-state index contributed by atoms with van der Waals surface area (Å²) >= 11 is 0. The number of piperidine rings is 1. The van der Waals surface area contributed by atoms with Crippen molar-refractivity contribution in [2.24, 2.45) is 5.92 Å². The van der Waals surface area contributed by atoms with Gasteiger partial charge in [0.2, 0.25) is 11.8 Å². The van der Waals surface area contributed by atoms with Gasteiger partial charge in [-0.05, 0) is 43.2 Å². The number of carbonyl (C=O) groups is 3. The molecule has 2 aliphatic rings. The molecule has 1 atom stereocenters. The summed E-state index contributed by atoms with van der Waals surface area (Å²) in [6.07, 6.45) is 3.99. The molecule has 7 nitrogen and oxygen atoms in total. The number of nitrogens with zero attached hydrogens (tertiary/aromatic N) is 2. The number of methoxy groups -OCH3 is 1. The zero-order valence-corrected chi connectivity index (χ0v) is 18.6. The number of ether oxygens (including phenoxy) is 1. The van der Waals surface area contributed by atoms with Crippen molar-refractivity contribution < 1.29 is 19.1 Å². The summed E-state index contributed by atoms with van der Waals surface area (Å²) < 4.78 is 5.44. The van der Waals surface area contributed by atoms with Crippen LogP contribution in [0.2, 0.25) is 0 Å². The summed E-state index contributed by atoms with van der Waals surface area (Å²) in [6, 6.07) is 11.3. The summed E-state index contributed by atoms with van der Waals surface area (Å²) in [6.45, 7) is 3.03. The highest BCUT2D eigenvalue weighted by Gasteiger charge is 2.30. The van der Waals surface area contributed by atoms with E-state index in [4.69, 9.17) is 4.74 Å². The van der Waals surface area contributed by atoms with Crippen LogP contribution in [0.15, 0.2) is 36.4 Å². The normalized spacial score (nSPS) is 18.6. The van der Waals surface area contributed by atoms with Crippen molar-refractivity contribution in [2.45, 2.75) is 32.1 Å². The van der Waals surface area contributed by atoms with Gasteiger partial charge >= 0.3 is 0 Å². The third kappa shape index (κ3) is 4.71. The van der Waals surface area contributed by atoms with E-state index in [0.717, 1.165) is 55.3 Å². The van der Waals surface area contributed by atoms with Crippen molar-refractivity contribution in [2.75, 3.05) is 39.8 Å². The minimum atomic E-state index is -0.251. The summed E-state index contributed by atoms with van der Waals surface area (Å²) in [4.78, 5) is 41.9. The molecular formula is C25H31N3O4. The summed E-state index contributed by atoms with van der Waals surface area (Å²) in [7, 11) is 1.62. The van der Waals surface area contributed by atoms with Crippen molar-refractivity contribution in [1.82, 2.24) is 15.1 Å². The molecule has 0 saturated carbocycles. The van der Waals surface area contributed by atoms with Crippen LogP contribution < -0.4 is 10.1 Å². The second-order valence-corrected chi connectivity index (χ2v) is 8.58. The molecule has 1 N–H and O–H groups in total. The van der Waals surface area contributed by atoms with E-state index in [1.165, 1.54) is 0 Å². The summed E-state index contributed by atoms with van der Waals surface area (Å²) in [5.74, 6) is 0.451. The molecule has 4 rings (SSSR count). The van der Waals surface area contributed by atoms with Gasteiger partial charge in [-0.15, -0.1) is 0 Å². The second-order valence-electron chi connectivity index (χ2n) is 8.58. The molecule has 2 fully saturated rings. The highest BCUT2D eigenvalue weighted by molar-refractivity contribution is 6.08. The van der Waals surface area contributed by atoms with Crippen molar-refractivity contribution in [3.8, 4) is 5.75 Å². The molecule has 170 valence electrons. The van der Waals surface area contributed by atoms with Gasteiger partial charge in [0.15, 0.2) is 0 Å². The second kappa shape index (κ2) is 10.0. The predicted octanol–water partition coefficient (Wildman–Crippen LogP) is 2.83. The van der Waals surface area contributed by atoms with Crippen LogP contribution in [0.1, 0.15) is 42.5 Å². The monoisotopic (exact) mass is 437 g/mol. The Hall–Kier alpha value is -3.09. The molecule has 0 aromatic heterocycles. The topological polar surface area (TPSA) is 79.0 Å². The molecule has 2 aliphatic heterocycles. The number of hydrogen-bond donors (Lipinski definition) is 1. The van der Waals surface area contributed by atoms with E-state index in [2.05, 4.69) is 5.32 Å². The van der Waals surface area contributed by atoms with Crippen molar-refractivity contribution >= 4 is 28.5 Å². The Morgan fingerprint density at radius 3 is 2.44 bits per heavy atom. The number of rotatable bonds is 6. The van der Waals surface area contributed by atoms with E-state index in [-0.39, 0.29) is 23.6 Å². The molecule has 32 heavy (non-hydrogen) atoms. The SMILES string of the molecule is COc1ccc(C(=O)N2CCC[C@@H](C(=O)NCCC(=O)N3CCCC3)C2)c2ccccc12. The maximum Gasteiger partial charge on any atom is 0.254 e. The predicted molar refractivity (Wildman–Crippen MR) is 123 cm³/mol. The van der Waals surface area contributed by atoms with Gasteiger partial charge in [0.25, 0.3) is 5.91 Å². The lowest BCUT2D eigenvalue weighted by atomic mass is 9.95. The van der Waals surface area contributed by atoms with Crippen LogP contribution in [0.5, 0.6) is 5.75 Å². The number of fused-ring (bicyclic) bond motifs is 1. The number of hydrogen-bond acceptors (Lipinski definition) is 4. The number of benzene rings is 2. The van der Waals surface area contributed by atoms with Crippen LogP contribution in [0.4, 0.5) is 0 Å². The van der Waals surface area contributed by atoms with Gasteiger partial charge in [-0.2, -0.15) is 0 Å². The fourth-order valence-corrected chi connectivity index (χ4v) is 4.74. The van der Waals surface area contributed by atoms with Gasteiger partial charge in [0.05, 0.1) is 13.0 Å². The molecular weight excluding hydrogens is 406 g/mol. The average Bonchev–Trinajstić information content (AvgIpc) is 3.38. The molecule has 0 unspecified atom stereocenters. The maximum absolute atomic E-state index is 13.3. The molecule has 2 aromatic carbocycles. The fraction of sp³-hybridized carbons (Fsp3) is 0.480. The van der Waals surface area contributed by atoms with Crippen LogP contribution >= 0.6 is 0 Å². The van der Waals surface area contributed by atoms with E-state index < -0.39 is 0 Å². The van der Waals surface area contributed by atoms with E-state index >= 15 is 0 Å². The van der Waals surface area contributed by atoms with E-state index in [1.807, 2.05) is 35.2 Å². The molecule has 2 heterocycles. The van der Waals surface area contributed by atoms with Crippen LogP contribution in [0.3, 0.4) is 0 Å². The first-order chi connectivity index (χ1) is 15.6. The first-order valence-electron chi connectivity index (χ1n) is 11.5. The summed E-state index contributed by atoms with van der Waals surface area (Å²) in [5, 5.41) is 4.66. The molecule has 0 spiro atoms. The molecule has 7 heteroatoms. The van der Waals surface area contributed by atoms with Crippen LogP contribution in [0.25, 0.3) is 10.8 Å². The smallest absolute Gasteiger partial charge is 0.254 e. The fourth-order valence-electron chi connectivity index (χ4n) is 4.74. The number of nitrogens with one attached hydrogen (secondary N) is 1. The molecule has 2 aromatic rings. The maximum atomic E-state index is 13.3. The summed E-state index contributed by atoms with van der Waals surface area (Å²) in [5.41, 5.74) is 0.624. The van der Waals surface area contributed by atoms with Gasteiger partial charge in [-0.25, -0.2) is 0 Å². The van der Waals surface area contributed by atoms with Crippen LogP contribution in [-0.4, -0.2) is 67.4 Å². The third-order valence-electron chi connectivity index (χ3n) is 6.51. The lowest BCUT2D eigenvalue weighted by molar-refractivity contribution is -0.130. The third-order valence-corrected chi connectivity index (χ3v) is 6.51. The van der Waals surface area contributed by atoms with E-state index in [1.54, 1.807) is 18.1 Å². The Kier molecular flexibility index (Phi) is 6.93. The lowest BCUT2D eigenvalue weighted by Gasteiger charge is -2.32. The van der Waals surface area contributed by atoms with E-state index in [9.17, 15) is 14.4 Å². The first kappa shape index (κ1) is 22.1. The van der Waals surface area contributed by atoms with Crippen molar-refractivity contribution in [3.05, 3.63) is 42.0 Å². The van der Waals surface area contributed by atoms with Gasteiger partial charge in [-0.3, -0.25) is 14.4 Å². The highest BCUT2D eigenvalue weighted by atomic mass is 16.5. The van der Waals surface area contributed by atoms with Crippen molar-refractivity contribution in [3.63, 3.8) is 0 Å². The van der Waals surface area contributed by atoms with E-state index in [0.29, 0.717) is 31.6 Å². The van der Waals surface area contributed by atoms with Gasteiger partial charge < -0.3 is 19.9 Å². The van der Waals surface area contributed by atoms with Gasteiger partial charge in [0, 0.05) is 50.1 Å². The quantitative estimate of drug-likeness (QED) is 0.754. The zero-order valence-electron chi connectivity index (χ0n) is 18.6. The minimum absolute atomic E-state index is 0.0643. The average molecular weight is 438 g/mol. The zero-order chi connectivity index (χ0) is 22.5. The molecule has 2 saturated heterocycles. The Balaban J connectivity index is 1.37. The Bertz CT molecular complexity index is 1000.